The summed E-state index contributed by atoms with van der Waals surface area (Å²) in [5.41, 5.74) is 2.37. The van der Waals surface area contributed by atoms with Crippen LogP contribution in [0.1, 0.15) is 69.2 Å². The summed E-state index contributed by atoms with van der Waals surface area (Å²) in [4.78, 5) is 0. The van der Waals surface area contributed by atoms with Gasteiger partial charge in [-0.1, -0.05) is 86.6 Å². The van der Waals surface area contributed by atoms with Crippen LogP contribution in [-0.4, -0.2) is 7.28 Å². The van der Waals surface area contributed by atoms with Crippen LogP contribution in [0.4, 0.5) is 0 Å². The molecule has 0 aromatic heterocycles. The molecule has 0 saturated carbocycles. The molecule has 0 spiro atoms. The zero-order valence-electron chi connectivity index (χ0n) is 15.1. The molecule has 1 heteroatoms. The van der Waals surface area contributed by atoms with Gasteiger partial charge in [-0.2, -0.15) is 0 Å². The van der Waals surface area contributed by atoms with Gasteiger partial charge in [0.25, 0.3) is 0 Å². The van der Waals surface area contributed by atoms with Crippen LogP contribution in [0.2, 0.25) is 12.6 Å². The van der Waals surface area contributed by atoms with Crippen LogP contribution in [-0.2, 0) is 0 Å². The Morgan fingerprint density at radius 3 is 1.89 bits per heavy atom. The Labute approximate surface area is 123 Å². The van der Waals surface area contributed by atoms with Crippen molar-refractivity contribution in [1.29, 1.82) is 0 Å². The van der Waals surface area contributed by atoms with Gasteiger partial charge in [0.2, 0.25) is 0 Å². The van der Waals surface area contributed by atoms with Crippen molar-refractivity contribution in [3.05, 3.63) is 11.6 Å². The Morgan fingerprint density at radius 2 is 1.53 bits per heavy atom. The molecule has 0 aliphatic rings. The monoisotopic (exact) mass is 263 g/mol. The highest BCUT2D eigenvalue weighted by Crippen LogP contribution is 2.45. The number of hydrogen-bond donors (Lipinski definition) is 0. The maximum Gasteiger partial charge on any atom is 0.109 e. The van der Waals surface area contributed by atoms with Gasteiger partial charge in [0.05, 0.1) is 0 Å². The molecule has 0 aliphatic heterocycles. The molecule has 0 aromatic rings. The number of allylic oxidation sites excluding steroid dienone is 2. The predicted molar refractivity (Wildman–Crippen MR) is 91.0 cm³/mol. The van der Waals surface area contributed by atoms with Crippen molar-refractivity contribution in [3.63, 3.8) is 0 Å². The summed E-state index contributed by atoms with van der Waals surface area (Å²) in [6.07, 6.45) is 4.88. The van der Waals surface area contributed by atoms with E-state index in [-0.39, 0.29) is 10.8 Å². The lowest BCUT2D eigenvalue weighted by Crippen LogP contribution is -2.34. The second-order valence-electron chi connectivity index (χ2n) is 8.51. The summed E-state index contributed by atoms with van der Waals surface area (Å²) in [5.74, 6) is 0.653. The lowest BCUT2D eigenvalue weighted by molar-refractivity contribution is 0.143. The fourth-order valence-electron chi connectivity index (χ4n) is 2.60. The van der Waals surface area contributed by atoms with Crippen LogP contribution >= 0.6 is 0 Å². The molecule has 111 valence electrons. The Bertz CT molecular complexity index is 302. The van der Waals surface area contributed by atoms with Gasteiger partial charge in [0.15, 0.2) is 0 Å². The van der Waals surface area contributed by atoms with Crippen LogP contribution in [0.25, 0.3) is 0 Å². The molecule has 0 aliphatic carbocycles. The van der Waals surface area contributed by atoms with E-state index in [1.54, 1.807) is 0 Å². The molecule has 1 atom stereocenters. The second kappa shape index (κ2) is 6.50. The first-order chi connectivity index (χ1) is 8.34. The summed E-state index contributed by atoms with van der Waals surface area (Å²) in [5, 5.41) is 0. The zero-order chi connectivity index (χ0) is 15.5. The molecule has 0 heterocycles. The van der Waals surface area contributed by atoms with E-state index >= 15 is 0 Å². The summed E-state index contributed by atoms with van der Waals surface area (Å²) in [6, 6.07) is 0. The molecule has 0 amide bonds. The van der Waals surface area contributed by atoms with E-state index in [0.717, 1.165) is 0 Å². The fraction of sp³-hybridized carbons (Fsp3) is 0.889. The van der Waals surface area contributed by atoms with E-state index in [1.807, 2.05) is 0 Å². The van der Waals surface area contributed by atoms with Crippen LogP contribution in [0.15, 0.2) is 11.6 Å². The van der Waals surface area contributed by atoms with Gasteiger partial charge in [0.1, 0.15) is 7.28 Å². The molecular formula is C18H36B. The minimum atomic E-state index is 0.239. The van der Waals surface area contributed by atoms with Crippen molar-refractivity contribution in [2.24, 2.45) is 22.2 Å². The molecule has 1 radical (unpaired) electrons. The van der Waals surface area contributed by atoms with E-state index in [4.69, 9.17) is 0 Å². The Kier molecular flexibility index (Phi) is 6.44. The summed E-state index contributed by atoms with van der Waals surface area (Å²) in [6.45, 7) is 23.4. The average Bonchev–Trinajstić information content (AvgIpc) is 2.23. The van der Waals surface area contributed by atoms with Crippen molar-refractivity contribution >= 4 is 7.28 Å². The molecule has 0 rings (SSSR count). The lowest BCUT2D eigenvalue weighted by Gasteiger charge is -2.42. The van der Waals surface area contributed by atoms with Crippen molar-refractivity contribution in [2.45, 2.75) is 81.9 Å². The van der Waals surface area contributed by atoms with Crippen LogP contribution in [0.5, 0.6) is 0 Å². The average molecular weight is 263 g/mol. The smallest absolute Gasteiger partial charge is 0.0831 e. The van der Waals surface area contributed by atoms with E-state index < -0.39 is 0 Å². The van der Waals surface area contributed by atoms with Crippen molar-refractivity contribution < 1.29 is 0 Å². The summed E-state index contributed by atoms with van der Waals surface area (Å²) in [7, 11) is 2.42. The van der Waals surface area contributed by atoms with Gasteiger partial charge >= 0.3 is 0 Å². The maximum atomic E-state index is 2.51. The normalized spacial score (nSPS) is 16.4. The summed E-state index contributed by atoms with van der Waals surface area (Å²) >= 11 is 0. The number of rotatable bonds is 6. The van der Waals surface area contributed by atoms with Gasteiger partial charge in [-0.05, 0) is 29.1 Å². The molecular weight excluding hydrogens is 227 g/mol. The minimum Gasteiger partial charge on any atom is -0.0831 e. The van der Waals surface area contributed by atoms with Crippen LogP contribution in [0, 0.1) is 22.2 Å². The van der Waals surface area contributed by atoms with E-state index in [1.165, 1.54) is 18.2 Å². The minimum absolute atomic E-state index is 0.239. The largest absolute Gasteiger partial charge is 0.109 e. The third kappa shape index (κ3) is 5.75. The molecule has 0 N–H and O–H groups in total. The first-order valence-electron chi connectivity index (χ1n) is 7.86. The predicted octanol–water partition coefficient (Wildman–Crippen LogP) is 6.23. The first-order valence-corrected chi connectivity index (χ1v) is 7.86. The van der Waals surface area contributed by atoms with Gasteiger partial charge in [0, 0.05) is 0 Å². The molecule has 1 unspecified atom stereocenters. The van der Waals surface area contributed by atoms with Crippen molar-refractivity contribution in [3.8, 4) is 0 Å². The summed E-state index contributed by atoms with van der Waals surface area (Å²) < 4.78 is 0. The van der Waals surface area contributed by atoms with Gasteiger partial charge < -0.3 is 0 Å². The SMILES string of the molecule is CC[B]CC(C)(C)C(C)C(C)(C)/C=C(\C)C(C)(C)C. The highest BCUT2D eigenvalue weighted by molar-refractivity contribution is 6.35. The molecule has 0 nitrogen and oxygen atoms in total. The van der Waals surface area contributed by atoms with Gasteiger partial charge in [-0.25, -0.2) is 0 Å². The van der Waals surface area contributed by atoms with Crippen LogP contribution < -0.4 is 0 Å². The standard InChI is InChI=1S/C18H36B/c1-11-19-13-18(9,10)15(3)17(7,8)12-14(2)16(4,5)6/h12,15H,11,13H2,1-10H3/b14-12+. The van der Waals surface area contributed by atoms with Crippen LogP contribution in [0.3, 0.4) is 0 Å². The zero-order valence-corrected chi connectivity index (χ0v) is 15.1. The van der Waals surface area contributed by atoms with E-state index in [0.29, 0.717) is 11.3 Å². The molecule has 0 bridgehead atoms. The van der Waals surface area contributed by atoms with Crippen molar-refractivity contribution in [1.82, 2.24) is 0 Å². The Morgan fingerprint density at radius 1 is 1.05 bits per heavy atom. The molecule has 19 heavy (non-hydrogen) atoms. The lowest BCUT2D eigenvalue weighted by atomic mass is 9.54. The van der Waals surface area contributed by atoms with E-state index in [9.17, 15) is 0 Å². The Balaban J connectivity index is 5.10. The quantitative estimate of drug-likeness (QED) is 0.393. The highest BCUT2D eigenvalue weighted by atomic mass is 14.4. The van der Waals surface area contributed by atoms with Gasteiger partial charge in [-0.3, -0.25) is 0 Å². The van der Waals surface area contributed by atoms with Gasteiger partial charge in [-0.15, -0.1) is 0 Å². The third-order valence-electron chi connectivity index (χ3n) is 5.02. The van der Waals surface area contributed by atoms with E-state index in [2.05, 4.69) is 82.6 Å². The fourth-order valence-corrected chi connectivity index (χ4v) is 2.60. The maximum absolute atomic E-state index is 2.51. The number of hydrogen-bond acceptors (Lipinski definition) is 0. The third-order valence-corrected chi connectivity index (χ3v) is 5.02. The molecule has 0 saturated heterocycles. The molecule has 0 fully saturated rings. The van der Waals surface area contributed by atoms with Crippen molar-refractivity contribution in [2.75, 3.05) is 0 Å². The topological polar surface area (TPSA) is 0 Å². The first kappa shape index (κ1) is 18.8. The molecule has 0 aromatic carbocycles. The second-order valence-corrected chi connectivity index (χ2v) is 8.51. The highest BCUT2D eigenvalue weighted by Gasteiger charge is 2.36. The Hall–Kier alpha value is -0.195.